The smallest absolute Gasteiger partial charge is 0.354 e. The van der Waals surface area contributed by atoms with E-state index in [1.165, 1.54) is 28.5 Å². The fourth-order valence-electron chi connectivity index (χ4n) is 4.69. The SMILES string of the molecule is CC1Cc2cc3c(c(NC(=O)N=S(N)(=O)c4cnn5c4OCC5(C)C)c21)CCC3. The lowest BCUT2D eigenvalue weighted by atomic mass is 9.75. The van der Waals surface area contributed by atoms with Crippen LogP contribution in [0.4, 0.5) is 10.5 Å². The lowest BCUT2D eigenvalue weighted by Crippen LogP contribution is -2.26. The Morgan fingerprint density at radius 1 is 1.41 bits per heavy atom. The number of nitrogens with zero attached hydrogens (tertiary/aromatic N) is 3. The van der Waals surface area contributed by atoms with E-state index in [2.05, 4.69) is 27.8 Å². The van der Waals surface area contributed by atoms with Crippen LogP contribution < -0.4 is 15.2 Å². The molecule has 2 amide bonds. The van der Waals surface area contributed by atoms with Gasteiger partial charge in [-0.15, -0.1) is 4.36 Å². The summed E-state index contributed by atoms with van der Waals surface area (Å²) in [6.45, 7) is 6.46. The maximum atomic E-state index is 13.1. The average molecular weight is 416 g/mol. The molecule has 0 radical (unpaired) electrons. The second-order valence-electron chi connectivity index (χ2n) is 8.84. The molecule has 0 fully saturated rings. The number of anilines is 1. The standard InChI is InChI=1S/C20H25N5O3S/c1-11-7-13-8-12-5-4-6-14(12)17(16(11)13)23-19(26)24-29(21,27)15-9-22-25-18(15)28-10-20(25,2)3/h8-9,11H,4-7,10H2,1-3H3,(H3,21,23,24,26,27). The van der Waals surface area contributed by atoms with Crippen molar-refractivity contribution < 1.29 is 13.7 Å². The van der Waals surface area contributed by atoms with Crippen LogP contribution in [0.25, 0.3) is 0 Å². The Kier molecular flexibility index (Phi) is 3.89. The van der Waals surface area contributed by atoms with Crippen molar-refractivity contribution in [3.05, 3.63) is 34.5 Å². The summed E-state index contributed by atoms with van der Waals surface area (Å²) in [5.74, 6) is 0.709. The Morgan fingerprint density at radius 2 is 2.21 bits per heavy atom. The van der Waals surface area contributed by atoms with Gasteiger partial charge in [-0.05, 0) is 67.7 Å². The van der Waals surface area contributed by atoms with E-state index >= 15 is 0 Å². The van der Waals surface area contributed by atoms with Gasteiger partial charge in [0, 0.05) is 5.69 Å². The van der Waals surface area contributed by atoms with E-state index in [1.54, 1.807) is 4.68 Å². The van der Waals surface area contributed by atoms with Crippen molar-refractivity contribution in [2.75, 3.05) is 11.9 Å². The molecule has 2 heterocycles. The normalized spacial score (nSPS) is 22.6. The van der Waals surface area contributed by atoms with Crippen molar-refractivity contribution in [3.63, 3.8) is 0 Å². The topological polar surface area (TPSA) is 112 Å². The second kappa shape index (κ2) is 6.06. The number of hydrogen-bond donors (Lipinski definition) is 2. The molecule has 1 aromatic carbocycles. The van der Waals surface area contributed by atoms with Crippen LogP contribution in [0.3, 0.4) is 0 Å². The molecule has 3 N–H and O–H groups in total. The summed E-state index contributed by atoms with van der Waals surface area (Å²) < 4.78 is 24.2. The maximum absolute atomic E-state index is 13.1. The summed E-state index contributed by atoms with van der Waals surface area (Å²) in [4.78, 5) is 12.9. The molecule has 2 aliphatic carbocycles. The van der Waals surface area contributed by atoms with Gasteiger partial charge in [-0.2, -0.15) is 5.10 Å². The first-order valence-corrected chi connectivity index (χ1v) is 11.5. The van der Waals surface area contributed by atoms with E-state index in [4.69, 9.17) is 9.88 Å². The van der Waals surface area contributed by atoms with E-state index in [-0.39, 0.29) is 10.4 Å². The highest BCUT2D eigenvalue weighted by atomic mass is 32.2. The number of benzene rings is 1. The van der Waals surface area contributed by atoms with Gasteiger partial charge in [-0.25, -0.2) is 18.8 Å². The minimum absolute atomic E-state index is 0.151. The first-order valence-electron chi connectivity index (χ1n) is 9.92. The third kappa shape index (κ3) is 2.78. The molecule has 2 atom stereocenters. The molecule has 0 saturated heterocycles. The van der Waals surface area contributed by atoms with E-state index in [0.717, 1.165) is 31.4 Å². The number of carbonyl (C=O) groups is 1. The largest absolute Gasteiger partial charge is 0.474 e. The van der Waals surface area contributed by atoms with Crippen LogP contribution in [0.5, 0.6) is 5.88 Å². The van der Waals surface area contributed by atoms with Crippen molar-refractivity contribution in [2.45, 2.75) is 62.8 Å². The van der Waals surface area contributed by atoms with Crippen LogP contribution in [0, 0.1) is 0 Å². The average Bonchev–Trinajstić information content (AvgIpc) is 3.30. The fraction of sp³-hybridized carbons (Fsp3) is 0.500. The van der Waals surface area contributed by atoms with Gasteiger partial charge in [-0.3, -0.25) is 0 Å². The zero-order valence-corrected chi connectivity index (χ0v) is 17.6. The third-order valence-corrected chi connectivity index (χ3v) is 7.49. The number of nitrogens with two attached hydrogens (primary N) is 1. The molecular formula is C20H25N5O3S. The highest BCUT2D eigenvalue weighted by Gasteiger charge is 2.37. The lowest BCUT2D eigenvalue weighted by Gasteiger charge is -2.31. The summed E-state index contributed by atoms with van der Waals surface area (Å²) in [6, 6.07) is 1.57. The summed E-state index contributed by atoms with van der Waals surface area (Å²) >= 11 is 0. The van der Waals surface area contributed by atoms with Crippen molar-refractivity contribution in [1.29, 1.82) is 0 Å². The van der Waals surface area contributed by atoms with Gasteiger partial charge in [0.2, 0.25) is 5.88 Å². The molecule has 0 saturated carbocycles. The van der Waals surface area contributed by atoms with E-state index in [0.29, 0.717) is 18.4 Å². The van der Waals surface area contributed by atoms with Gasteiger partial charge in [-0.1, -0.05) is 13.0 Å². The minimum Gasteiger partial charge on any atom is -0.474 e. The van der Waals surface area contributed by atoms with Gasteiger partial charge in [0.15, 0.2) is 9.92 Å². The molecule has 1 aliphatic heterocycles. The predicted molar refractivity (Wildman–Crippen MR) is 110 cm³/mol. The molecule has 3 aliphatic rings. The maximum Gasteiger partial charge on any atom is 0.354 e. The van der Waals surface area contributed by atoms with E-state index in [9.17, 15) is 9.00 Å². The van der Waals surface area contributed by atoms with E-state index in [1.807, 2.05) is 13.8 Å². The van der Waals surface area contributed by atoms with Crippen LogP contribution in [0.1, 0.15) is 55.4 Å². The molecule has 5 rings (SSSR count). The molecule has 1 aromatic heterocycles. The minimum atomic E-state index is -3.49. The molecule has 8 nitrogen and oxygen atoms in total. The zero-order chi connectivity index (χ0) is 20.6. The number of rotatable bonds is 2. The Morgan fingerprint density at radius 3 is 2.97 bits per heavy atom. The van der Waals surface area contributed by atoms with Crippen LogP contribution in [-0.4, -0.2) is 26.6 Å². The summed E-state index contributed by atoms with van der Waals surface area (Å²) in [5, 5.41) is 13.1. The molecule has 2 aromatic rings. The number of fused-ring (bicyclic) bond motifs is 3. The predicted octanol–water partition coefficient (Wildman–Crippen LogP) is 3.09. The molecule has 0 spiro atoms. The molecular weight excluding hydrogens is 390 g/mol. The van der Waals surface area contributed by atoms with Crippen molar-refractivity contribution in [3.8, 4) is 5.88 Å². The Balaban J connectivity index is 1.49. The monoisotopic (exact) mass is 415 g/mol. The first-order chi connectivity index (χ1) is 13.7. The summed E-state index contributed by atoms with van der Waals surface area (Å²) in [5.41, 5.74) is 5.41. The van der Waals surface area contributed by atoms with Crippen LogP contribution >= 0.6 is 0 Å². The van der Waals surface area contributed by atoms with Crippen LogP contribution in [-0.2, 0) is 34.7 Å². The fourth-order valence-corrected chi connectivity index (χ4v) is 5.68. The molecule has 154 valence electrons. The number of urea groups is 1. The number of amides is 2. The lowest BCUT2D eigenvalue weighted by molar-refractivity contribution is 0.259. The zero-order valence-electron chi connectivity index (χ0n) is 16.8. The number of carbonyl (C=O) groups excluding carboxylic acids is 1. The number of aryl methyl sites for hydroxylation is 1. The summed E-state index contributed by atoms with van der Waals surface area (Å²) in [7, 11) is -3.49. The van der Waals surface area contributed by atoms with E-state index < -0.39 is 15.9 Å². The van der Waals surface area contributed by atoms with Crippen molar-refractivity contribution in [1.82, 2.24) is 9.78 Å². The number of aromatic nitrogens is 2. The second-order valence-corrected chi connectivity index (χ2v) is 10.6. The Hall–Kier alpha value is -2.39. The Bertz CT molecular complexity index is 1170. The first kappa shape index (κ1) is 18.6. The van der Waals surface area contributed by atoms with Crippen molar-refractivity contribution in [2.24, 2.45) is 9.50 Å². The quantitative estimate of drug-likeness (QED) is 0.785. The van der Waals surface area contributed by atoms with Gasteiger partial charge in [0.05, 0.1) is 11.7 Å². The highest BCUT2D eigenvalue weighted by Crippen LogP contribution is 2.45. The van der Waals surface area contributed by atoms with Gasteiger partial charge >= 0.3 is 6.03 Å². The number of hydrogen-bond acceptors (Lipinski definition) is 4. The summed E-state index contributed by atoms with van der Waals surface area (Å²) in [6.07, 6.45) is 5.44. The number of ether oxygens (including phenoxy) is 1. The molecule has 9 heteroatoms. The van der Waals surface area contributed by atoms with Crippen LogP contribution in [0.2, 0.25) is 0 Å². The van der Waals surface area contributed by atoms with Gasteiger partial charge in [0.25, 0.3) is 0 Å². The molecule has 2 unspecified atom stereocenters. The van der Waals surface area contributed by atoms with Gasteiger partial charge < -0.3 is 10.1 Å². The third-order valence-electron chi connectivity index (χ3n) is 6.14. The van der Waals surface area contributed by atoms with Gasteiger partial charge in [0.1, 0.15) is 11.5 Å². The number of nitrogens with one attached hydrogen (secondary N) is 1. The Labute approximate surface area is 170 Å². The van der Waals surface area contributed by atoms with Crippen molar-refractivity contribution >= 4 is 21.6 Å². The molecule has 0 bridgehead atoms. The highest BCUT2D eigenvalue weighted by molar-refractivity contribution is 7.91. The van der Waals surface area contributed by atoms with Crippen LogP contribution in [0.15, 0.2) is 21.5 Å². The molecule has 29 heavy (non-hydrogen) atoms.